The van der Waals surface area contributed by atoms with Crippen molar-refractivity contribution in [3.8, 4) is 0 Å². The highest BCUT2D eigenvalue weighted by Crippen LogP contribution is 2.15. The summed E-state index contributed by atoms with van der Waals surface area (Å²) in [6.07, 6.45) is 1.73. The Morgan fingerprint density at radius 2 is 2.07 bits per heavy atom. The minimum Gasteiger partial charge on any atom is -0.269 e. The van der Waals surface area contributed by atoms with Gasteiger partial charge in [-0.05, 0) is 25.5 Å². The smallest absolute Gasteiger partial charge is 0.258 e. The lowest BCUT2D eigenvalue weighted by molar-refractivity contribution is 1.01. The molecule has 2 heterocycles. The van der Waals surface area contributed by atoms with Crippen LogP contribution in [0.25, 0.3) is 5.65 Å². The highest BCUT2D eigenvalue weighted by molar-refractivity contribution is 6.33. The van der Waals surface area contributed by atoms with Crippen molar-refractivity contribution in [2.75, 3.05) is 0 Å². The van der Waals surface area contributed by atoms with Gasteiger partial charge in [-0.3, -0.25) is 9.20 Å². The van der Waals surface area contributed by atoms with E-state index in [-0.39, 0.29) is 5.56 Å². The van der Waals surface area contributed by atoms with Gasteiger partial charge in [0.25, 0.3) is 5.56 Å². The summed E-state index contributed by atoms with van der Waals surface area (Å²) in [6.45, 7) is 3.66. The fourth-order valence-electron chi connectivity index (χ4n) is 1.40. The average Bonchev–Trinajstić information content (AvgIpc) is 2.07. The molecule has 72 valence electrons. The van der Waals surface area contributed by atoms with Crippen molar-refractivity contribution in [2.24, 2.45) is 0 Å². The van der Waals surface area contributed by atoms with E-state index < -0.39 is 0 Å². The number of aryl methyl sites for hydroxylation is 2. The monoisotopic (exact) mass is 208 g/mol. The predicted octanol–water partition coefficient (Wildman–Crippen LogP) is 1.96. The van der Waals surface area contributed by atoms with Crippen molar-refractivity contribution >= 4 is 17.2 Å². The Balaban J connectivity index is 3.02. The Morgan fingerprint density at radius 3 is 2.79 bits per heavy atom. The minimum atomic E-state index is -0.0990. The van der Waals surface area contributed by atoms with Gasteiger partial charge >= 0.3 is 0 Å². The van der Waals surface area contributed by atoms with Gasteiger partial charge in [0.1, 0.15) is 0 Å². The lowest BCUT2D eigenvalue weighted by atomic mass is 10.3. The van der Waals surface area contributed by atoms with E-state index in [2.05, 4.69) is 4.98 Å². The second kappa shape index (κ2) is 3.10. The van der Waals surface area contributed by atoms with E-state index in [4.69, 9.17) is 11.6 Å². The first-order valence-corrected chi connectivity index (χ1v) is 4.62. The van der Waals surface area contributed by atoms with Crippen LogP contribution in [-0.2, 0) is 0 Å². The quantitative estimate of drug-likeness (QED) is 0.664. The van der Waals surface area contributed by atoms with Gasteiger partial charge in [0.15, 0.2) is 5.65 Å². The molecular weight excluding hydrogens is 200 g/mol. The Morgan fingerprint density at radius 1 is 1.36 bits per heavy atom. The van der Waals surface area contributed by atoms with Crippen LogP contribution in [0.15, 0.2) is 23.1 Å². The van der Waals surface area contributed by atoms with Gasteiger partial charge in [-0.25, -0.2) is 4.98 Å². The Labute approximate surface area is 86.0 Å². The van der Waals surface area contributed by atoms with Crippen LogP contribution in [0.5, 0.6) is 0 Å². The van der Waals surface area contributed by atoms with Crippen molar-refractivity contribution in [1.29, 1.82) is 0 Å². The number of hydrogen-bond acceptors (Lipinski definition) is 2. The molecule has 0 fully saturated rings. The third-order valence-electron chi connectivity index (χ3n) is 1.98. The molecule has 0 aliphatic rings. The van der Waals surface area contributed by atoms with Gasteiger partial charge in [-0.1, -0.05) is 11.6 Å². The standard InChI is InChI=1S/C10H9ClN2O/c1-6-3-8(11)10-12-7(2)4-9(14)13(10)5-6/h3-5H,1-2H3. The van der Waals surface area contributed by atoms with Crippen LogP contribution in [0.1, 0.15) is 11.3 Å². The van der Waals surface area contributed by atoms with Gasteiger partial charge in [0, 0.05) is 18.0 Å². The van der Waals surface area contributed by atoms with E-state index in [9.17, 15) is 4.79 Å². The molecule has 0 N–H and O–H groups in total. The van der Waals surface area contributed by atoms with Crippen LogP contribution in [-0.4, -0.2) is 9.38 Å². The molecular formula is C10H9ClN2O. The van der Waals surface area contributed by atoms with E-state index in [1.165, 1.54) is 10.5 Å². The summed E-state index contributed by atoms with van der Waals surface area (Å²) in [5, 5.41) is 0.505. The molecule has 2 aromatic rings. The highest BCUT2D eigenvalue weighted by Gasteiger charge is 2.04. The molecule has 0 radical (unpaired) electrons. The van der Waals surface area contributed by atoms with Gasteiger partial charge in [-0.2, -0.15) is 0 Å². The first kappa shape index (κ1) is 9.21. The van der Waals surface area contributed by atoms with Crippen LogP contribution in [0.4, 0.5) is 0 Å². The largest absolute Gasteiger partial charge is 0.269 e. The van der Waals surface area contributed by atoms with Crippen LogP contribution in [0, 0.1) is 13.8 Å². The summed E-state index contributed by atoms with van der Waals surface area (Å²) in [7, 11) is 0. The van der Waals surface area contributed by atoms with E-state index >= 15 is 0 Å². The Bertz CT molecular complexity index is 560. The Kier molecular flexibility index (Phi) is 2.04. The SMILES string of the molecule is Cc1cc(Cl)c2nc(C)cc(=O)n2c1. The molecule has 3 nitrogen and oxygen atoms in total. The van der Waals surface area contributed by atoms with Crippen molar-refractivity contribution in [3.05, 3.63) is 45.0 Å². The molecule has 0 aliphatic carbocycles. The van der Waals surface area contributed by atoms with E-state index in [0.29, 0.717) is 16.4 Å². The molecule has 4 heteroatoms. The molecule has 2 aromatic heterocycles. The first-order chi connectivity index (χ1) is 6.58. The normalized spacial score (nSPS) is 10.8. The van der Waals surface area contributed by atoms with Gasteiger partial charge < -0.3 is 0 Å². The number of rotatable bonds is 0. The molecule has 0 bridgehead atoms. The number of nitrogens with zero attached hydrogens (tertiary/aromatic N) is 2. The first-order valence-electron chi connectivity index (χ1n) is 4.24. The number of pyridine rings is 1. The van der Waals surface area contributed by atoms with Crippen LogP contribution in [0.3, 0.4) is 0 Å². The molecule has 0 amide bonds. The summed E-state index contributed by atoms with van der Waals surface area (Å²) in [4.78, 5) is 15.8. The summed E-state index contributed by atoms with van der Waals surface area (Å²) >= 11 is 5.98. The van der Waals surface area contributed by atoms with E-state index in [1.54, 1.807) is 19.2 Å². The third-order valence-corrected chi connectivity index (χ3v) is 2.26. The molecule has 0 aliphatic heterocycles. The maximum Gasteiger partial charge on any atom is 0.258 e. The van der Waals surface area contributed by atoms with Crippen molar-refractivity contribution < 1.29 is 0 Å². The summed E-state index contributed by atoms with van der Waals surface area (Å²) in [5.41, 5.74) is 2.04. The maximum atomic E-state index is 11.6. The van der Waals surface area contributed by atoms with E-state index in [0.717, 1.165) is 5.56 Å². The molecule has 0 atom stereocenters. The van der Waals surface area contributed by atoms with Gasteiger partial charge in [0.05, 0.1) is 5.02 Å². The van der Waals surface area contributed by atoms with Crippen LogP contribution in [0.2, 0.25) is 5.02 Å². The number of fused-ring (bicyclic) bond motifs is 1. The average molecular weight is 209 g/mol. The zero-order valence-electron chi connectivity index (χ0n) is 7.91. The van der Waals surface area contributed by atoms with Crippen LogP contribution >= 0.6 is 11.6 Å². The number of hydrogen-bond donors (Lipinski definition) is 0. The summed E-state index contributed by atoms with van der Waals surface area (Å²) in [6, 6.07) is 3.28. The predicted molar refractivity (Wildman–Crippen MR) is 55.9 cm³/mol. The molecule has 0 saturated heterocycles. The molecule has 2 rings (SSSR count). The number of halogens is 1. The van der Waals surface area contributed by atoms with Crippen molar-refractivity contribution in [3.63, 3.8) is 0 Å². The topological polar surface area (TPSA) is 34.4 Å². The van der Waals surface area contributed by atoms with Crippen LogP contribution < -0.4 is 5.56 Å². The minimum absolute atomic E-state index is 0.0990. The molecule has 0 saturated carbocycles. The second-order valence-corrected chi connectivity index (χ2v) is 3.70. The van der Waals surface area contributed by atoms with Crippen molar-refractivity contribution in [2.45, 2.75) is 13.8 Å². The Hall–Kier alpha value is -1.35. The zero-order chi connectivity index (χ0) is 10.3. The fourth-order valence-corrected chi connectivity index (χ4v) is 1.71. The molecule has 14 heavy (non-hydrogen) atoms. The summed E-state index contributed by atoms with van der Waals surface area (Å²) in [5.74, 6) is 0. The zero-order valence-corrected chi connectivity index (χ0v) is 8.67. The lowest BCUT2D eigenvalue weighted by Crippen LogP contribution is -2.14. The molecule has 0 spiro atoms. The number of aromatic nitrogens is 2. The van der Waals surface area contributed by atoms with Gasteiger partial charge in [0.2, 0.25) is 0 Å². The summed E-state index contributed by atoms with van der Waals surface area (Å²) < 4.78 is 1.46. The molecule has 0 aromatic carbocycles. The maximum absolute atomic E-state index is 11.6. The van der Waals surface area contributed by atoms with Crippen molar-refractivity contribution in [1.82, 2.24) is 9.38 Å². The van der Waals surface area contributed by atoms with Gasteiger partial charge in [-0.15, -0.1) is 0 Å². The fraction of sp³-hybridized carbons (Fsp3) is 0.200. The highest BCUT2D eigenvalue weighted by atomic mass is 35.5. The lowest BCUT2D eigenvalue weighted by Gasteiger charge is -2.04. The third kappa shape index (κ3) is 1.40. The molecule has 0 unspecified atom stereocenters. The van der Waals surface area contributed by atoms with E-state index in [1.807, 2.05) is 6.92 Å². The second-order valence-electron chi connectivity index (χ2n) is 3.29.